The van der Waals surface area contributed by atoms with E-state index in [1.54, 1.807) is 0 Å². The molecule has 3 nitrogen and oxygen atoms in total. The predicted octanol–water partition coefficient (Wildman–Crippen LogP) is 21.1. The van der Waals surface area contributed by atoms with Crippen LogP contribution in [0.2, 0.25) is 0 Å². The van der Waals surface area contributed by atoms with E-state index in [4.69, 9.17) is 0 Å². The molecule has 4 heteroatoms. The van der Waals surface area contributed by atoms with Crippen LogP contribution in [0.5, 0.6) is 0 Å². The van der Waals surface area contributed by atoms with Crippen molar-refractivity contribution in [3.63, 3.8) is 0 Å². The molecule has 0 radical (unpaired) electrons. The number of hydrogen-bond donors (Lipinski definition) is 0. The molecule has 0 amide bonds. The molecule has 450 valence electrons. The van der Waals surface area contributed by atoms with Gasteiger partial charge in [-0.1, -0.05) is 238 Å². The lowest BCUT2D eigenvalue weighted by atomic mass is 9.32. The normalized spacial score (nSPS) is 21.2. The van der Waals surface area contributed by atoms with Crippen LogP contribution in [0.3, 0.4) is 0 Å². The summed E-state index contributed by atoms with van der Waals surface area (Å²) in [6.07, 6.45) is 6.94. The zero-order chi connectivity index (χ0) is 62.5. The Balaban J connectivity index is 1.12. The smallest absolute Gasteiger partial charge is 0.252 e. The molecular weight excluding hydrogens is 1070 g/mol. The summed E-state index contributed by atoms with van der Waals surface area (Å²) in [5.41, 5.74) is 32.5. The Morgan fingerprint density at radius 3 is 1.44 bits per heavy atom. The molecule has 2 atom stereocenters. The number of aryl methyl sites for hydroxylation is 1. The van der Waals surface area contributed by atoms with Crippen LogP contribution in [-0.2, 0) is 37.9 Å². The van der Waals surface area contributed by atoms with E-state index in [-0.39, 0.29) is 50.2 Å². The molecule has 0 N–H and O–H groups in total. The Morgan fingerprint density at radius 2 is 0.854 bits per heavy atom. The summed E-state index contributed by atoms with van der Waals surface area (Å²) in [5, 5.41) is 0. The molecule has 0 aromatic heterocycles. The van der Waals surface area contributed by atoms with E-state index in [0.29, 0.717) is 0 Å². The average Bonchev–Trinajstić information content (AvgIpc) is 1.59. The molecular formula is C85H92BN3. The monoisotopic (exact) mass is 1170 g/mol. The number of rotatable bonds is 5. The molecule has 2 unspecified atom stereocenters. The van der Waals surface area contributed by atoms with Crippen LogP contribution in [0.1, 0.15) is 205 Å². The third-order valence-corrected chi connectivity index (χ3v) is 23.7. The lowest BCUT2D eigenvalue weighted by Gasteiger charge is -2.52. The van der Waals surface area contributed by atoms with Crippen molar-refractivity contribution in [1.29, 1.82) is 0 Å². The second-order valence-electron chi connectivity index (χ2n) is 32.8. The van der Waals surface area contributed by atoms with E-state index in [9.17, 15) is 0 Å². The van der Waals surface area contributed by atoms with Crippen molar-refractivity contribution < 1.29 is 0 Å². The van der Waals surface area contributed by atoms with Gasteiger partial charge in [-0.3, -0.25) is 0 Å². The minimum atomic E-state index is -0.279. The molecule has 0 bridgehead atoms. The van der Waals surface area contributed by atoms with Crippen LogP contribution < -0.4 is 31.1 Å². The van der Waals surface area contributed by atoms with E-state index >= 15 is 0 Å². The molecule has 3 aliphatic heterocycles. The van der Waals surface area contributed by atoms with Crippen LogP contribution in [0.25, 0.3) is 22.3 Å². The first kappa shape index (κ1) is 57.9. The minimum Gasteiger partial charge on any atom is -0.334 e. The van der Waals surface area contributed by atoms with Crippen molar-refractivity contribution in [2.75, 3.05) is 14.7 Å². The van der Waals surface area contributed by atoms with Gasteiger partial charge in [0.25, 0.3) is 6.71 Å². The van der Waals surface area contributed by atoms with Gasteiger partial charge in [-0.15, -0.1) is 0 Å². The predicted molar refractivity (Wildman–Crippen MR) is 382 cm³/mol. The highest BCUT2D eigenvalue weighted by Gasteiger charge is 2.59. The molecule has 0 spiro atoms. The highest BCUT2D eigenvalue weighted by atomic mass is 15.3. The second-order valence-corrected chi connectivity index (χ2v) is 32.8. The maximum absolute atomic E-state index is 2.87. The van der Waals surface area contributed by atoms with E-state index < -0.39 is 0 Å². The molecule has 1 fully saturated rings. The molecule has 9 aromatic rings. The maximum atomic E-state index is 2.87. The van der Waals surface area contributed by atoms with Crippen molar-refractivity contribution in [2.45, 2.75) is 200 Å². The standard InChI is InChI=1S/C85H92BN3/c1-53-44-57(78(2,3)4)35-38-70(53)87-73-51-64-63(80(8,9)42-43-81(64,10)11)49-68(73)86-69-50-65-66(83(14,15)62-33-25-24-32-61(62)82(65,12)13)52-74(69)88(71-39-36-58(79(5,6)7)46-60(71)55-30-22-19-23-31-55)76-48-59(47-75(87)77(76)86)89-72-37-34-56(54-28-20-18-21-29-54)45-67(72)84(16)40-26-27-41-85(84,89)17/h18-25,28-39,44-52H,26-27,40-43H2,1-17H3. The second kappa shape index (κ2) is 19.2. The van der Waals surface area contributed by atoms with Crippen molar-refractivity contribution in [1.82, 2.24) is 0 Å². The van der Waals surface area contributed by atoms with E-state index in [1.807, 2.05) is 0 Å². The SMILES string of the molecule is Cc1cc(C(C)(C)C)ccc1N1c2cc3c(cc2B2c4cc5c(cc4N(c4ccc(C(C)(C)C)cc4-c4ccccc4)c4cc(N6c7ccc(-c8ccccc8)cc7C7(C)CCCCC67C)cc1c42)C(C)(C)c1ccccc1C5(C)C)C(C)(C)CCC3(C)C. The lowest BCUT2D eigenvalue weighted by molar-refractivity contribution is 0.195. The van der Waals surface area contributed by atoms with Crippen molar-refractivity contribution in [3.05, 3.63) is 232 Å². The van der Waals surface area contributed by atoms with Crippen LogP contribution in [-0.4, -0.2) is 12.3 Å². The number of fused-ring (bicyclic) bond motifs is 10. The third kappa shape index (κ3) is 8.35. The largest absolute Gasteiger partial charge is 0.334 e. The van der Waals surface area contributed by atoms with Gasteiger partial charge in [-0.05, 0) is 205 Å². The summed E-state index contributed by atoms with van der Waals surface area (Å²) < 4.78 is 0. The first-order chi connectivity index (χ1) is 42.0. The van der Waals surface area contributed by atoms with Crippen LogP contribution >= 0.6 is 0 Å². The van der Waals surface area contributed by atoms with Crippen LogP contribution in [0.15, 0.2) is 176 Å². The molecule has 6 aliphatic rings. The van der Waals surface area contributed by atoms with Gasteiger partial charge in [-0.25, -0.2) is 0 Å². The Morgan fingerprint density at radius 1 is 0.371 bits per heavy atom. The molecule has 1 saturated carbocycles. The van der Waals surface area contributed by atoms with Gasteiger partial charge in [0.05, 0.1) is 11.2 Å². The average molecular weight is 1170 g/mol. The fraction of sp³-hybridized carbons (Fsp3) is 0.365. The van der Waals surface area contributed by atoms with Crippen molar-refractivity contribution in [2.24, 2.45) is 0 Å². The van der Waals surface area contributed by atoms with Gasteiger partial charge in [0, 0.05) is 61.6 Å². The summed E-state index contributed by atoms with van der Waals surface area (Å²) in [6.45, 7) is 41.8. The maximum Gasteiger partial charge on any atom is 0.252 e. The summed E-state index contributed by atoms with van der Waals surface area (Å²) in [7, 11) is 0. The highest BCUT2D eigenvalue weighted by Crippen LogP contribution is 2.63. The first-order valence-corrected chi connectivity index (χ1v) is 33.6. The number of nitrogens with zero attached hydrogens (tertiary/aromatic N) is 3. The zero-order valence-electron chi connectivity index (χ0n) is 56.4. The van der Waals surface area contributed by atoms with Gasteiger partial charge in [-0.2, -0.15) is 0 Å². The van der Waals surface area contributed by atoms with Crippen LogP contribution in [0, 0.1) is 6.92 Å². The summed E-state index contributed by atoms with van der Waals surface area (Å²) in [5.74, 6) is 0. The number of benzene rings is 9. The molecule has 3 heterocycles. The highest BCUT2D eigenvalue weighted by molar-refractivity contribution is 7.00. The van der Waals surface area contributed by atoms with Crippen molar-refractivity contribution >= 4 is 68.6 Å². The number of hydrogen-bond acceptors (Lipinski definition) is 3. The summed E-state index contributed by atoms with van der Waals surface area (Å²) >= 11 is 0. The van der Waals surface area contributed by atoms with Gasteiger partial charge in [0.15, 0.2) is 0 Å². The van der Waals surface area contributed by atoms with Gasteiger partial charge < -0.3 is 14.7 Å². The van der Waals surface area contributed by atoms with Gasteiger partial charge in [0.1, 0.15) is 0 Å². The third-order valence-electron chi connectivity index (χ3n) is 23.7. The fourth-order valence-electron chi connectivity index (χ4n) is 18.0. The first-order valence-electron chi connectivity index (χ1n) is 33.6. The van der Waals surface area contributed by atoms with Gasteiger partial charge >= 0.3 is 0 Å². The lowest BCUT2D eigenvalue weighted by Crippen LogP contribution is -2.62. The minimum absolute atomic E-state index is 0.0118. The van der Waals surface area contributed by atoms with Gasteiger partial charge in [0.2, 0.25) is 0 Å². The molecule has 0 saturated heterocycles. The Hall–Kier alpha value is -7.56. The topological polar surface area (TPSA) is 9.72 Å². The van der Waals surface area contributed by atoms with Crippen LogP contribution in [0.4, 0.5) is 45.5 Å². The molecule has 89 heavy (non-hydrogen) atoms. The summed E-state index contributed by atoms with van der Waals surface area (Å²) in [4.78, 5) is 8.43. The van der Waals surface area contributed by atoms with Crippen molar-refractivity contribution in [3.8, 4) is 22.3 Å². The Kier molecular flexibility index (Phi) is 12.5. The quantitative estimate of drug-likeness (QED) is 0.159. The molecule has 9 aromatic carbocycles. The Labute approximate surface area is 533 Å². The molecule has 15 rings (SSSR count). The Bertz CT molecular complexity index is 4410. The number of anilines is 8. The fourth-order valence-corrected chi connectivity index (χ4v) is 18.0. The van der Waals surface area contributed by atoms with E-state index in [0.717, 1.165) is 25.7 Å². The zero-order valence-corrected chi connectivity index (χ0v) is 56.4. The van der Waals surface area contributed by atoms with E-state index in [2.05, 4.69) is 308 Å². The van der Waals surface area contributed by atoms with E-state index in [1.165, 1.54) is 153 Å². The summed E-state index contributed by atoms with van der Waals surface area (Å²) in [6, 6.07) is 70.4. The molecule has 3 aliphatic carbocycles.